The number of hydrazone groups is 1. The molecule has 1 heterocycles. The van der Waals surface area contributed by atoms with Gasteiger partial charge in [0.25, 0.3) is 5.91 Å². The van der Waals surface area contributed by atoms with Gasteiger partial charge in [-0.25, -0.2) is 5.43 Å². The molecule has 2 aromatic carbocycles. The Morgan fingerprint density at radius 2 is 1.73 bits per heavy atom. The number of para-hydroxylation sites is 1. The van der Waals surface area contributed by atoms with Crippen molar-refractivity contribution in [2.75, 3.05) is 0 Å². The maximum atomic E-state index is 12.4. The third-order valence-corrected chi connectivity index (χ3v) is 6.44. The van der Waals surface area contributed by atoms with E-state index < -0.39 is 0 Å². The first-order valence-electron chi connectivity index (χ1n) is 10.1. The Balaban J connectivity index is 1.66. The average Bonchev–Trinajstić information content (AvgIpc) is 3.00. The van der Waals surface area contributed by atoms with Crippen LogP contribution in [-0.4, -0.2) is 21.9 Å². The van der Waals surface area contributed by atoms with Crippen molar-refractivity contribution in [2.24, 2.45) is 5.10 Å². The maximum absolute atomic E-state index is 12.4. The number of rotatable bonds is 7. The molecule has 4 nitrogen and oxygen atoms in total. The average molecular weight is 420 g/mol. The fourth-order valence-electron chi connectivity index (χ4n) is 3.55. The molecule has 0 spiro atoms. The van der Waals surface area contributed by atoms with Gasteiger partial charge in [-0.15, -0.1) is 11.8 Å². The molecule has 3 rings (SSSR count). The monoisotopic (exact) mass is 419 g/mol. The van der Waals surface area contributed by atoms with Gasteiger partial charge >= 0.3 is 0 Å². The number of amides is 1. The van der Waals surface area contributed by atoms with Gasteiger partial charge in [0.2, 0.25) is 0 Å². The summed E-state index contributed by atoms with van der Waals surface area (Å²) in [6.45, 7) is 10.3. The van der Waals surface area contributed by atoms with Gasteiger partial charge in [0.05, 0.1) is 17.2 Å². The number of thioether (sulfide) groups is 1. The molecule has 0 saturated heterocycles. The number of benzene rings is 2. The van der Waals surface area contributed by atoms with Crippen LogP contribution in [0, 0.1) is 27.7 Å². The Kier molecular flexibility index (Phi) is 7.16. The van der Waals surface area contributed by atoms with Gasteiger partial charge in [-0.3, -0.25) is 4.79 Å². The van der Waals surface area contributed by atoms with Gasteiger partial charge in [0.15, 0.2) is 0 Å². The van der Waals surface area contributed by atoms with E-state index in [1.54, 1.807) is 18.0 Å². The molecule has 0 aliphatic carbocycles. The summed E-state index contributed by atoms with van der Waals surface area (Å²) in [5.74, 6) is 0.714. The topological polar surface area (TPSA) is 46.4 Å². The molecular formula is C25H29N3OS. The van der Waals surface area contributed by atoms with Crippen molar-refractivity contribution >= 4 is 23.9 Å². The summed E-state index contributed by atoms with van der Waals surface area (Å²) in [5, 5.41) is 4.04. The van der Waals surface area contributed by atoms with Crippen molar-refractivity contribution in [3.05, 3.63) is 88.2 Å². The molecule has 1 atom stereocenters. The van der Waals surface area contributed by atoms with E-state index in [1.807, 2.05) is 25.1 Å². The van der Waals surface area contributed by atoms with E-state index in [-0.39, 0.29) is 11.2 Å². The van der Waals surface area contributed by atoms with Crippen molar-refractivity contribution in [3.63, 3.8) is 0 Å². The van der Waals surface area contributed by atoms with Gasteiger partial charge in [0, 0.05) is 22.7 Å². The third-order valence-electron chi connectivity index (χ3n) is 5.22. The lowest BCUT2D eigenvalue weighted by molar-refractivity contribution is -0.120. The highest BCUT2D eigenvalue weighted by molar-refractivity contribution is 7.99. The first kappa shape index (κ1) is 21.9. The van der Waals surface area contributed by atoms with Crippen LogP contribution in [-0.2, 0) is 10.5 Å². The van der Waals surface area contributed by atoms with E-state index >= 15 is 0 Å². The molecule has 1 aromatic heterocycles. The van der Waals surface area contributed by atoms with Crippen LogP contribution in [0.1, 0.15) is 40.6 Å². The fourth-order valence-corrected chi connectivity index (χ4v) is 4.39. The Morgan fingerprint density at radius 1 is 1.07 bits per heavy atom. The Hall–Kier alpha value is -2.79. The molecule has 0 aliphatic heterocycles. The summed E-state index contributed by atoms with van der Waals surface area (Å²) in [6.07, 6.45) is 1.74. The maximum Gasteiger partial charge on any atom is 0.252 e. The van der Waals surface area contributed by atoms with Gasteiger partial charge in [-0.05, 0) is 57.4 Å². The molecule has 1 unspecified atom stereocenters. The highest BCUT2D eigenvalue weighted by Crippen LogP contribution is 2.25. The smallest absolute Gasteiger partial charge is 0.252 e. The molecule has 5 heteroatoms. The van der Waals surface area contributed by atoms with E-state index in [0.717, 1.165) is 22.7 Å². The second kappa shape index (κ2) is 9.81. The zero-order valence-electron chi connectivity index (χ0n) is 18.3. The van der Waals surface area contributed by atoms with Crippen LogP contribution in [0.25, 0.3) is 5.69 Å². The largest absolute Gasteiger partial charge is 0.317 e. The minimum Gasteiger partial charge on any atom is -0.317 e. The predicted molar refractivity (Wildman–Crippen MR) is 128 cm³/mol. The first-order valence-corrected chi connectivity index (χ1v) is 11.2. The third kappa shape index (κ3) is 5.03. The summed E-state index contributed by atoms with van der Waals surface area (Å²) in [7, 11) is 0. The number of carbonyl (C=O) groups excluding carboxylic acids is 1. The minimum atomic E-state index is -0.176. The lowest BCUT2D eigenvalue weighted by Crippen LogP contribution is -2.27. The highest BCUT2D eigenvalue weighted by Gasteiger charge is 2.14. The minimum absolute atomic E-state index is 0.0873. The molecule has 3 aromatic rings. The number of nitrogens with one attached hydrogen (secondary N) is 1. The Morgan fingerprint density at radius 3 is 2.40 bits per heavy atom. The zero-order valence-corrected chi connectivity index (χ0v) is 19.1. The molecule has 0 aliphatic rings. The SMILES string of the molecule is Cc1cccc(C)c1-n1c(C)cc(/C=N/NC(=O)C(C)SCc2ccccc2)c1C. The van der Waals surface area contributed by atoms with Crippen molar-refractivity contribution in [2.45, 2.75) is 45.6 Å². The van der Waals surface area contributed by atoms with E-state index in [4.69, 9.17) is 0 Å². The van der Waals surface area contributed by atoms with E-state index in [9.17, 15) is 4.79 Å². The predicted octanol–water partition coefficient (Wildman–Crippen LogP) is 5.48. The summed E-state index contributed by atoms with van der Waals surface area (Å²) < 4.78 is 2.26. The molecule has 30 heavy (non-hydrogen) atoms. The first-order chi connectivity index (χ1) is 14.4. The van der Waals surface area contributed by atoms with Crippen LogP contribution in [0.5, 0.6) is 0 Å². The quantitative estimate of drug-likeness (QED) is 0.407. The summed E-state index contributed by atoms with van der Waals surface area (Å²) >= 11 is 1.60. The van der Waals surface area contributed by atoms with Crippen LogP contribution in [0.15, 0.2) is 59.7 Å². The lowest BCUT2D eigenvalue weighted by atomic mass is 10.1. The van der Waals surface area contributed by atoms with Crippen LogP contribution in [0.4, 0.5) is 0 Å². The van der Waals surface area contributed by atoms with E-state index in [2.05, 4.69) is 79.2 Å². The summed E-state index contributed by atoms with van der Waals surface area (Å²) in [5.41, 5.74) is 10.8. The molecule has 0 radical (unpaired) electrons. The zero-order chi connectivity index (χ0) is 21.7. The van der Waals surface area contributed by atoms with Gasteiger partial charge in [-0.1, -0.05) is 48.5 Å². The lowest BCUT2D eigenvalue weighted by Gasteiger charge is -2.15. The van der Waals surface area contributed by atoms with Crippen LogP contribution in [0.2, 0.25) is 0 Å². The normalized spacial score (nSPS) is 12.3. The van der Waals surface area contributed by atoms with Crippen molar-refractivity contribution in [1.82, 2.24) is 9.99 Å². The molecule has 0 saturated carbocycles. The molecule has 0 bridgehead atoms. The second-order valence-electron chi connectivity index (χ2n) is 7.58. The Bertz CT molecular complexity index is 1030. The summed E-state index contributed by atoms with van der Waals surface area (Å²) in [6, 6.07) is 18.6. The molecular weight excluding hydrogens is 390 g/mol. The van der Waals surface area contributed by atoms with Gasteiger partial charge in [0.1, 0.15) is 0 Å². The molecule has 1 N–H and O–H groups in total. The van der Waals surface area contributed by atoms with Crippen molar-refractivity contribution < 1.29 is 4.79 Å². The van der Waals surface area contributed by atoms with Crippen LogP contribution >= 0.6 is 11.8 Å². The number of aromatic nitrogens is 1. The standard InChI is InChI=1S/C25H29N3OS/c1-17-10-9-11-18(2)24(17)28-19(3)14-23(20(28)4)15-26-27-25(29)21(5)30-16-22-12-7-6-8-13-22/h6-15,21H,16H2,1-5H3,(H,27,29)/b26-15+. The highest BCUT2D eigenvalue weighted by atomic mass is 32.2. The van der Waals surface area contributed by atoms with Gasteiger partial charge in [-0.2, -0.15) is 5.10 Å². The van der Waals surface area contributed by atoms with Crippen molar-refractivity contribution in [3.8, 4) is 5.69 Å². The molecule has 156 valence electrons. The Labute approximate surface area is 183 Å². The second-order valence-corrected chi connectivity index (χ2v) is 8.90. The van der Waals surface area contributed by atoms with Crippen molar-refractivity contribution in [1.29, 1.82) is 0 Å². The number of hydrogen-bond donors (Lipinski definition) is 1. The summed E-state index contributed by atoms with van der Waals surface area (Å²) in [4.78, 5) is 12.4. The molecule has 0 fully saturated rings. The van der Waals surface area contributed by atoms with E-state index in [1.165, 1.54) is 22.4 Å². The van der Waals surface area contributed by atoms with Crippen LogP contribution < -0.4 is 5.43 Å². The molecule has 1 amide bonds. The van der Waals surface area contributed by atoms with E-state index in [0.29, 0.717) is 0 Å². The number of aryl methyl sites for hydroxylation is 3. The van der Waals surface area contributed by atoms with Crippen LogP contribution in [0.3, 0.4) is 0 Å². The number of carbonyl (C=O) groups is 1. The fraction of sp³-hybridized carbons (Fsp3) is 0.280. The number of hydrogen-bond acceptors (Lipinski definition) is 3. The number of nitrogens with zero attached hydrogens (tertiary/aromatic N) is 2. The van der Waals surface area contributed by atoms with Gasteiger partial charge < -0.3 is 4.57 Å².